The SMILES string of the molecule is C=C(/C=C\CCBC)CC/C=C\CC. The molecule has 14 heavy (non-hydrogen) atoms. The van der Waals surface area contributed by atoms with E-state index in [1.807, 2.05) is 0 Å². The molecular formula is C13H23B. The van der Waals surface area contributed by atoms with Crippen LogP contribution in [0.5, 0.6) is 0 Å². The summed E-state index contributed by atoms with van der Waals surface area (Å²) in [7, 11) is 1.27. The first-order valence-electron chi connectivity index (χ1n) is 5.80. The predicted molar refractivity (Wildman–Crippen MR) is 69.4 cm³/mol. The number of hydrogen-bond acceptors (Lipinski definition) is 0. The van der Waals surface area contributed by atoms with E-state index in [0.717, 1.165) is 19.3 Å². The Balaban J connectivity index is 3.45. The van der Waals surface area contributed by atoms with Gasteiger partial charge in [-0.05, 0) is 25.7 Å². The maximum atomic E-state index is 4.03. The second kappa shape index (κ2) is 10.4. The van der Waals surface area contributed by atoms with E-state index in [1.165, 1.54) is 25.6 Å². The van der Waals surface area contributed by atoms with E-state index in [-0.39, 0.29) is 0 Å². The van der Waals surface area contributed by atoms with E-state index in [1.54, 1.807) is 0 Å². The van der Waals surface area contributed by atoms with Crippen LogP contribution >= 0.6 is 0 Å². The molecule has 0 aliphatic carbocycles. The quantitative estimate of drug-likeness (QED) is 0.233. The molecule has 0 saturated heterocycles. The summed E-state index contributed by atoms with van der Waals surface area (Å²) in [4.78, 5) is 0. The first-order chi connectivity index (χ1) is 6.81. The highest BCUT2D eigenvalue weighted by atomic mass is 13.9. The fourth-order valence-electron chi connectivity index (χ4n) is 1.21. The largest absolute Gasteiger partial charge is 0.117 e. The van der Waals surface area contributed by atoms with Crippen LogP contribution in [0.4, 0.5) is 0 Å². The van der Waals surface area contributed by atoms with Crippen LogP contribution in [0, 0.1) is 0 Å². The van der Waals surface area contributed by atoms with Crippen LogP contribution < -0.4 is 0 Å². The molecule has 0 fully saturated rings. The summed E-state index contributed by atoms with van der Waals surface area (Å²) in [6.45, 7) is 8.41. The van der Waals surface area contributed by atoms with Crippen LogP contribution in [-0.2, 0) is 0 Å². The fraction of sp³-hybridized carbons (Fsp3) is 0.538. The summed E-state index contributed by atoms with van der Waals surface area (Å²) < 4.78 is 0. The summed E-state index contributed by atoms with van der Waals surface area (Å²) in [5.74, 6) is 0. The summed E-state index contributed by atoms with van der Waals surface area (Å²) in [6, 6.07) is 0. The molecule has 0 atom stereocenters. The molecule has 0 aromatic carbocycles. The first-order valence-corrected chi connectivity index (χ1v) is 5.80. The maximum Gasteiger partial charge on any atom is 0.117 e. The minimum Gasteiger partial charge on any atom is -0.0958 e. The summed E-state index contributed by atoms with van der Waals surface area (Å²) in [5.41, 5.74) is 1.25. The molecule has 0 amide bonds. The number of rotatable bonds is 8. The van der Waals surface area contributed by atoms with Gasteiger partial charge in [-0.2, -0.15) is 0 Å². The Hall–Kier alpha value is -0.715. The van der Waals surface area contributed by atoms with E-state index in [4.69, 9.17) is 0 Å². The molecule has 1 heteroatoms. The summed E-state index contributed by atoms with van der Waals surface area (Å²) in [5, 5.41) is 0. The number of hydrogen-bond donors (Lipinski definition) is 0. The predicted octanol–water partition coefficient (Wildman–Crippen LogP) is 4.14. The molecule has 0 spiro atoms. The van der Waals surface area contributed by atoms with Crippen molar-refractivity contribution in [2.45, 2.75) is 45.8 Å². The molecule has 0 bridgehead atoms. The smallest absolute Gasteiger partial charge is 0.0958 e. The molecule has 0 saturated carbocycles. The molecule has 0 aromatic heterocycles. The zero-order valence-electron chi connectivity index (χ0n) is 9.76. The molecule has 0 N–H and O–H groups in total. The fourth-order valence-corrected chi connectivity index (χ4v) is 1.21. The van der Waals surface area contributed by atoms with Crippen LogP contribution in [0.15, 0.2) is 36.5 Å². The van der Waals surface area contributed by atoms with Crippen molar-refractivity contribution < 1.29 is 0 Å². The van der Waals surface area contributed by atoms with Gasteiger partial charge in [0, 0.05) is 0 Å². The van der Waals surface area contributed by atoms with Gasteiger partial charge in [0.05, 0.1) is 0 Å². The van der Waals surface area contributed by atoms with Gasteiger partial charge in [-0.15, -0.1) is 0 Å². The zero-order valence-corrected chi connectivity index (χ0v) is 9.76. The van der Waals surface area contributed by atoms with Crippen molar-refractivity contribution in [2.75, 3.05) is 0 Å². The first kappa shape index (κ1) is 13.3. The standard InChI is InChI=1S/C13H23B/c1-4-5-6-7-10-13(2)11-8-9-12-14-3/h5-6,8,11,14H,2,4,7,9-10,12H2,1,3H3/b6-5-,11-8-. The third kappa shape index (κ3) is 9.37. The Morgan fingerprint density at radius 3 is 2.64 bits per heavy atom. The average molecular weight is 190 g/mol. The Labute approximate surface area is 90.0 Å². The monoisotopic (exact) mass is 190 g/mol. The van der Waals surface area contributed by atoms with Crippen molar-refractivity contribution in [3.8, 4) is 0 Å². The Morgan fingerprint density at radius 2 is 2.00 bits per heavy atom. The van der Waals surface area contributed by atoms with Gasteiger partial charge in [-0.1, -0.05) is 56.5 Å². The lowest BCUT2D eigenvalue weighted by Gasteiger charge is -1.95. The minimum atomic E-state index is 1.10. The topological polar surface area (TPSA) is 0 Å². The van der Waals surface area contributed by atoms with Gasteiger partial charge >= 0.3 is 0 Å². The molecular weight excluding hydrogens is 167 g/mol. The molecule has 78 valence electrons. The maximum absolute atomic E-state index is 4.03. The van der Waals surface area contributed by atoms with Crippen molar-refractivity contribution in [3.63, 3.8) is 0 Å². The van der Waals surface area contributed by atoms with Gasteiger partial charge in [-0.3, -0.25) is 0 Å². The highest BCUT2D eigenvalue weighted by Crippen LogP contribution is 2.06. The molecule has 0 radical (unpaired) electrons. The number of allylic oxidation sites excluding steroid dienone is 5. The van der Waals surface area contributed by atoms with Crippen LogP contribution in [0.3, 0.4) is 0 Å². The van der Waals surface area contributed by atoms with Gasteiger partial charge in [0.25, 0.3) is 0 Å². The van der Waals surface area contributed by atoms with Gasteiger partial charge in [-0.25, -0.2) is 0 Å². The molecule has 0 heterocycles. The minimum absolute atomic E-state index is 1.10. The molecule has 0 nitrogen and oxygen atoms in total. The van der Waals surface area contributed by atoms with Crippen molar-refractivity contribution in [1.82, 2.24) is 0 Å². The van der Waals surface area contributed by atoms with E-state index in [9.17, 15) is 0 Å². The lowest BCUT2D eigenvalue weighted by atomic mass is 9.77. The summed E-state index contributed by atoms with van der Waals surface area (Å²) >= 11 is 0. The lowest BCUT2D eigenvalue weighted by Crippen LogP contribution is -1.78. The van der Waals surface area contributed by atoms with Crippen LogP contribution in [-0.4, -0.2) is 7.28 Å². The molecule has 0 aliphatic rings. The molecule has 0 aliphatic heterocycles. The second-order valence-electron chi connectivity index (χ2n) is 3.62. The molecule has 0 rings (SSSR count). The van der Waals surface area contributed by atoms with Crippen molar-refractivity contribution in [3.05, 3.63) is 36.5 Å². The van der Waals surface area contributed by atoms with Crippen molar-refractivity contribution in [2.24, 2.45) is 0 Å². The third-order valence-electron chi connectivity index (χ3n) is 2.11. The van der Waals surface area contributed by atoms with E-state index in [2.05, 4.69) is 44.6 Å². The van der Waals surface area contributed by atoms with Crippen molar-refractivity contribution in [1.29, 1.82) is 0 Å². The Kier molecular flexibility index (Phi) is 9.84. The second-order valence-corrected chi connectivity index (χ2v) is 3.62. The van der Waals surface area contributed by atoms with Crippen molar-refractivity contribution >= 4 is 7.28 Å². The van der Waals surface area contributed by atoms with Crippen LogP contribution in [0.1, 0.15) is 32.6 Å². The van der Waals surface area contributed by atoms with Gasteiger partial charge in [0.1, 0.15) is 7.28 Å². The molecule has 0 unspecified atom stereocenters. The molecule has 0 aromatic rings. The average Bonchev–Trinajstić information content (AvgIpc) is 2.19. The van der Waals surface area contributed by atoms with E-state index < -0.39 is 0 Å². The van der Waals surface area contributed by atoms with Crippen LogP contribution in [0.25, 0.3) is 0 Å². The highest BCUT2D eigenvalue weighted by molar-refractivity contribution is 6.33. The van der Waals surface area contributed by atoms with Gasteiger partial charge < -0.3 is 0 Å². The summed E-state index contributed by atoms with van der Waals surface area (Å²) in [6.07, 6.45) is 14.7. The van der Waals surface area contributed by atoms with E-state index >= 15 is 0 Å². The van der Waals surface area contributed by atoms with Crippen LogP contribution in [0.2, 0.25) is 13.1 Å². The normalized spacial score (nSPS) is 11.3. The zero-order chi connectivity index (χ0) is 10.6. The van der Waals surface area contributed by atoms with Gasteiger partial charge in [0.2, 0.25) is 0 Å². The van der Waals surface area contributed by atoms with Gasteiger partial charge in [0.15, 0.2) is 0 Å². The van der Waals surface area contributed by atoms with E-state index in [0.29, 0.717) is 0 Å². The Morgan fingerprint density at radius 1 is 1.21 bits per heavy atom. The lowest BCUT2D eigenvalue weighted by molar-refractivity contribution is 0.999. The Bertz CT molecular complexity index is 189. The third-order valence-corrected chi connectivity index (χ3v) is 2.11. The highest BCUT2D eigenvalue weighted by Gasteiger charge is 1.86.